The Morgan fingerprint density at radius 2 is 1.84 bits per heavy atom. The molecule has 1 aromatic heterocycles. The van der Waals surface area contributed by atoms with Gasteiger partial charge in [0.15, 0.2) is 5.49 Å². The predicted molar refractivity (Wildman–Crippen MR) is 82.0 cm³/mol. The van der Waals surface area contributed by atoms with Crippen molar-refractivity contribution in [2.24, 2.45) is 12.0 Å². The van der Waals surface area contributed by atoms with Crippen LogP contribution in [-0.4, -0.2) is 16.1 Å². The van der Waals surface area contributed by atoms with Crippen LogP contribution in [0.15, 0.2) is 16.1 Å². The van der Waals surface area contributed by atoms with Gasteiger partial charge in [0.2, 0.25) is 0 Å². The van der Waals surface area contributed by atoms with E-state index in [1.807, 2.05) is 11.6 Å². The zero-order valence-corrected chi connectivity index (χ0v) is 12.9. The van der Waals surface area contributed by atoms with E-state index in [4.69, 9.17) is 0 Å². The number of aryl methyl sites for hydroxylation is 1. The molecule has 3 nitrogen and oxygen atoms in total. The summed E-state index contributed by atoms with van der Waals surface area (Å²) in [6.07, 6.45) is 1.93. The maximum Gasteiger partial charge on any atom is 0.153 e. The van der Waals surface area contributed by atoms with E-state index in [1.165, 1.54) is 11.1 Å². The molecule has 0 radical (unpaired) electrons. The highest BCUT2D eigenvalue weighted by Crippen LogP contribution is 2.06. The Balaban J connectivity index is 3.34. The number of hydrogen-bond donors (Lipinski definition) is 0. The first-order valence-corrected chi connectivity index (χ1v) is 6.81. The number of hydrogen-bond acceptors (Lipinski definition) is 2. The first-order valence-electron chi connectivity index (χ1n) is 6.81. The molecule has 0 aliphatic rings. The maximum absolute atomic E-state index is 4.65. The second-order valence-electron chi connectivity index (χ2n) is 4.92. The predicted octanol–water partition coefficient (Wildman–Crippen LogP) is 1.45. The van der Waals surface area contributed by atoms with E-state index in [0.717, 1.165) is 34.7 Å². The largest absolute Gasteiger partial charge is 0.327 e. The van der Waals surface area contributed by atoms with Crippen LogP contribution in [0.5, 0.6) is 0 Å². The molecule has 0 saturated heterocycles. The van der Waals surface area contributed by atoms with E-state index >= 15 is 0 Å². The fourth-order valence-corrected chi connectivity index (χ4v) is 1.90. The molecule has 1 heterocycles. The van der Waals surface area contributed by atoms with Gasteiger partial charge in [0.1, 0.15) is 0 Å². The molecule has 0 unspecified atom stereocenters. The maximum atomic E-state index is 4.65. The van der Waals surface area contributed by atoms with Gasteiger partial charge in [0.05, 0.1) is 22.9 Å². The van der Waals surface area contributed by atoms with Crippen LogP contribution in [0.2, 0.25) is 0 Å². The minimum absolute atomic E-state index is 0.697. The van der Waals surface area contributed by atoms with Crippen LogP contribution in [0.25, 0.3) is 13.2 Å². The van der Waals surface area contributed by atoms with Crippen molar-refractivity contribution in [2.75, 3.05) is 6.54 Å². The van der Waals surface area contributed by atoms with Crippen molar-refractivity contribution in [1.29, 1.82) is 0 Å². The topological polar surface area (TPSA) is 30.2 Å². The van der Waals surface area contributed by atoms with E-state index in [2.05, 4.69) is 50.8 Å². The van der Waals surface area contributed by atoms with Crippen LogP contribution < -0.4 is 16.2 Å². The number of rotatable bonds is 4. The average Bonchev–Trinajstić information content (AvgIpc) is 2.41. The second-order valence-corrected chi connectivity index (χ2v) is 4.92. The second kappa shape index (κ2) is 6.50. The monoisotopic (exact) mass is 259 g/mol. The zero-order valence-electron chi connectivity index (χ0n) is 12.9. The van der Waals surface area contributed by atoms with Gasteiger partial charge in [-0.15, -0.1) is 0 Å². The summed E-state index contributed by atoms with van der Waals surface area (Å²) in [4.78, 5) is 9.14. The lowest BCUT2D eigenvalue weighted by molar-refractivity contribution is 0.731. The Bertz CT molecular complexity index is 648. The smallest absolute Gasteiger partial charge is 0.153 e. The van der Waals surface area contributed by atoms with Crippen LogP contribution in [-0.2, 0) is 13.5 Å². The third kappa shape index (κ3) is 3.43. The van der Waals surface area contributed by atoms with Crippen molar-refractivity contribution in [1.82, 2.24) is 9.55 Å². The fourth-order valence-electron chi connectivity index (χ4n) is 1.90. The van der Waals surface area contributed by atoms with Crippen LogP contribution in [0.1, 0.15) is 39.8 Å². The summed E-state index contributed by atoms with van der Waals surface area (Å²) in [6, 6.07) is 0. The van der Waals surface area contributed by atoms with Gasteiger partial charge in [-0.05, 0) is 26.7 Å². The molecule has 0 amide bonds. The zero-order chi connectivity index (χ0) is 14.6. The molecular formula is C16H25N3. The van der Waals surface area contributed by atoms with Gasteiger partial charge >= 0.3 is 0 Å². The minimum atomic E-state index is 0.697. The molecule has 0 spiro atoms. The van der Waals surface area contributed by atoms with Gasteiger partial charge in [-0.25, -0.2) is 4.98 Å². The van der Waals surface area contributed by atoms with Gasteiger partial charge in [-0.2, -0.15) is 0 Å². The molecule has 1 aromatic rings. The molecule has 0 N–H and O–H groups in total. The highest BCUT2D eigenvalue weighted by atomic mass is 15.0. The molecule has 0 saturated carbocycles. The SMILES string of the molecule is C=c1nc(CC)c(=C)n(C)c1=NC/C(C)=C(/C)CC. The molecule has 19 heavy (non-hydrogen) atoms. The summed E-state index contributed by atoms with van der Waals surface area (Å²) < 4.78 is 1.99. The molecular weight excluding hydrogens is 234 g/mol. The molecule has 0 bridgehead atoms. The van der Waals surface area contributed by atoms with E-state index in [-0.39, 0.29) is 0 Å². The normalized spacial score (nSPS) is 13.6. The van der Waals surface area contributed by atoms with E-state index < -0.39 is 0 Å². The van der Waals surface area contributed by atoms with E-state index in [0.29, 0.717) is 6.54 Å². The van der Waals surface area contributed by atoms with Crippen molar-refractivity contribution < 1.29 is 0 Å². The van der Waals surface area contributed by atoms with Crippen LogP contribution >= 0.6 is 0 Å². The Morgan fingerprint density at radius 3 is 2.37 bits per heavy atom. The van der Waals surface area contributed by atoms with Gasteiger partial charge in [0, 0.05) is 7.05 Å². The molecule has 0 aliphatic carbocycles. The summed E-state index contributed by atoms with van der Waals surface area (Å²) >= 11 is 0. The summed E-state index contributed by atoms with van der Waals surface area (Å²) in [6.45, 7) is 17.3. The fraction of sp³-hybridized carbons (Fsp3) is 0.500. The Morgan fingerprint density at radius 1 is 1.21 bits per heavy atom. The molecule has 0 fully saturated rings. The molecule has 3 heteroatoms. The standard InChI is InChI=1S/C16H25N3/c1-8-11(3)12(4)10-17-16-13(5)18-15(9-2)14(6)19(16)7/h5-6,8-10H2,1-4,7H3/b12-11-,17-16?. The van der Waals surface area contributed by atoms with Crippen LogP contribution in [0.3, 0.4) is 0 Å². The number of allylic oxidation sites excluding steroid dienone is 1. The van der Waals surface area contributed by atoms with Crippen molar-refractivity contribution >= 4 is 13.2 Å². The molecule has 0 aromatic carbocycles. The van der Waals surface area contributed by atoms with Gasteiger partial charge < -0.3 is 4.57 Å². The van der Waals surface area contributed by atoms with Crippen LogP contribution in [0.4, 0.5) is 0 Å². The Kier molecular flexibility index (Phi) is 5.28. The molecule has 0 aliphatic heterocycles. The van der Waals surface area contributed by atoms with Crippen molar-refractivity contribution in [2.45, 2.75) is 40.5 Å². The Hall–Kier alpha value is -1.64. The number of aromatic nitrogens is 2. The van der Waals surface area contributed by atoms with E-state index in [9.17, 15) is 0 Å². The molecule has 0 atom stereocenters. The summed E-state index contributed by atoms with van der Waals surface area (Å²) in [5.41, 5.74) is 4.52. The summed E-state index contributed by atoms with van der Waals surface area (Å²) in [5, 5.41) is 1.65. The average molecular weight is 259 g/mol. The highest BCUT2D eigenvalue weighted by molar-refractivity contribution is 5.12. The third-order valence-electron chi connectivity index (χ3n) is 3.64. The first-order chi connectivity index (χ1) is 8.92. The van der Waals surface area contributed by atoms with E-state index in [1.54, 1.807) is 0 Å². The highest BCUT2D eigenvalue weighted by Gasteiger charge is 2.00. The lowest BCUT2D eigenvalue weighted by Gasteiger charge is -2.07. The Labute approximate surface area is 115 Å². The van der Waals surface area contributed by atoms with Crippen molar-refractivity contribution in [3.63, 3.8) is 0 Å². The van der Waals surface area contributed by atoms with Gasteiger partial charge in [-0.3, -0.25) is 4.99 Å². The van der Waals surface area contributed by atoms with Gasteiger partial charge in [0.25, 0.3) is 0 Å². The first kappa shape index (κ1) is 15.4. The summed E-state index contributed by atoms with van der Waals surface area (Å²) in [5.74, 6) is 0. The molecule has 1 rings (SSSR count). The quantitative estimate of drug-likeness (QED) is 0.753. The molecule has 104 valence electrons. The van der Waals surface area contributed by atoms with Gasteiger partial charge in [-0.1, -0.05) is 38.2 Å². The minimum Gasteiger partial charge on any atom is -0.327 e. The lowest BCUT2D eigenvalue weighted by atomic mass is 10.1. The lowest BCUT2D eigenvalue weighted by Crippen LogP contribution is -2.45. The van der Waals surface area contributed by atoms with Crippen LogP contribution in [0, 0.1) is 0 Å². The van der Waals surface area contributed by atoms with Crippen molar-refractivity contribution in [3.8, 4) is 0 Å². The summed E-state index contributed by atoms with van der Waals surface area (Å²) in [7, 11) is 1.97. The number of nitrogens with zero attached hydrogens (tertiary/aromatic N) is 3. The van der Waals surface area contributed by atoms with Crippen molar-refractivity contribution in [3.05, 3.63) is 33.0 Å². The third-order valence-corrected chi connectivity index (χ3v) is 3.64.